The lowest BCUT2D eigenvalue weighted by Crippen LogP contribution is -2.25. The Kier molecular flexibility index (Phi) is 2.93. The second-order valence-electron chi connectivity index (χ2n) is 7.13. The lowest BCUT2D eigenvalue weighted by atomic mass is 9.69. The molecule has 0 radical (unpaired) electrons. The van der Waals surface area contributed by atoms with Crippen molar-refractivity contribution in [2.45, 2.75) is 57.0 Å². The molecule has 0 saturated carbocycles. The molecule has 4 rings (SSSR count). The van der Waals surface area contributed by atoms with Crippen LogP contribution in [0.2, 0.25) is 0 Å². The van der Waals surface area contributed by atoms with E-state index in [0.717, 1.165) is 18.3 Å². The molecule has 2 N–H and O–H groups in total. The fraction of sp³-hybridized carbons (Fsp3) is 0.500. The quantitative estimate of drug-likeness (QED) is 0.898. The highest BCUT2D eigenvalue weighted by Gasteiger charge is 2.40. The zero-order valence-corrected chi connectivity index (χ0v) is 12.8. The van der Waals surface area contributed by atoms with E-state index >= 15 is 0 Å². The van der Waals surface area contributed by atoms with Crippen molar-refractivity contribution in [3.05, 3.63) is 53.1 Å². The van der Waals surface area contributed by atoms with Gasteiger partial charge < -0.3 is 10.3 Å². The number of hydrogen-bond acceptors (Lipinski definition) is 2. The number of hydrogen-bond donors (Lipinski definition) is 2. The number of aromatic nitrogens is 2. The van der Waals surface area contributed by atoms with Crippen LogP contribution in [-0.4, -0.2) is 9.97 Å². The van der Waals surface area contributed by atoms with Crippen molar-refractivity contribution in [1.82, 2.24) is 15.3 Å². The number of imidazole rings is 1. The summed E-state index contributed by atoms with van der Waals surface area (Å²) in [6.07, 6.45) is 7.58. The normalized spacial score (nSPS) is 25.8. The standard InChI is InChI=1S/C18H23N3/c1-18(2)7-6-12-10-15(21-11-16-19-8-9-20-16)13-4-3-5-14(18)17(12)13/h3-5,8-9,12,15,21H,6-7,10-11H2,1-2H3,(H,19,20). The maximum Gasteiger partial charge on any atom is 0.120 e. The molecule has 0 bridgehead atoms. The van der Waals surface area contributed by atoms with E-state index < -0.39 is 0 Å². The smallest absolute Gasteiger partial charge is 0.120 e. The van der Waals surface area contributed by atoms with E-state index in [1.54, 1.807) is 11.1 Å². The SMILES string of the molecule is CC1(C)CCC2CC(NCc3ncc[nH]3)c3cccc1c32. The van der Waals surface area contributed by atoms with Crippen molar-refractivity contribution < 1.29 is 0 Å². The predicted octanol–water partition coefficient (Wildman–Crippen LogP) is 3.80. The third kappa shape index (κ3) is 2.11. The fourth-order valence-corrected chi connectivity index (χ4v) is 4.20. The Morgan fingerprint density at radius 2 is 2.29 bits per heavy atom. The van der Waals surface area contributed by atoms with E-state index in [0.29, 0.717) is 11.5 Å². The van der Waals surface area contributed by atoms with Crippen molar-refractivity contribution in [3.8, 4) is 0 Å². The molecule has 0 amide bonds. The van der Waals surface area contributed by atoms with Crippen LogP contribution in [0.1, 0.15) is 67.6 Å². The minimum Gasteiger partial charge on any atom is -0.348 e. The van der Waals surface area contributed by atoms with Crippen LogP contribution in [0.4, 0.5) is 0 Å². The Morgan fingerprint density at radius 1 is 1.38 bits per heavy atom. The average Bonchev–Trinajstić information content (AvgIpc) is 3.10. The van der Waals surface area contributed by atoms with Crippen LogP contribution in [0.3, 0.4) is 0 Å². The molecule has 110 valence electrons. The van der Waals surface area contributed by atoms with Crippen molar-refractivity contribution in [2.24, 2.45) is 0 Å². The molecule has 1 aromatic heterocycles. The van der Waals surface area contributed by atoms with Crippen molar-refractivity contribution >= 4 is 0 Å². The van der Waals surface area contributed by atoms with Crippen LogP contribution >= 0.6 is 0 Å². The summed E-state index contributed by atoms with van der Waals surface area (Å²) >= 11 is 0. The van der Waals surface area contributed by atoms with Crippen molar-refractivity contribution in [1.29, 1.82) is 0 Å². The van der Waals surface area contributed by atoms with E-state index in [2.05, 4.69) is 47.3 Å². The molecule has 3 nitrogen and oxygen atoms in total. The van der Waals surface area contributed by atoms with Gasteiger partial charge in [0.15, 0.2) is 0 Å². The Bertz CT molecular complexity index is 642. The van der Waals surface area contributed by atoms with E-state index in [1.807, 2.05) is 12.4 Å². The van der Waals surface area contributed by atoms with Gasteiger partial charge in [0.05, 0.1) is 6.54 Å². The van der Waals surface area contributed by atoms with Crippen LogP contribution in [-0.2, 0) is 12.0 Å². The second kappa shape index (κ2) is 4.70. The molecule has 2 aliphatic carbocycles. The Morgan fingerprint density at radius 3 is 3.10 bits per heavy atom. The first-order valence-electron chi connectivity index (χ1n) is 8.00. The number of H-pyrrole nitrogens is 1. The highest BCUT2D eigenvalue weighted by molar-refractivity contribution is 5.48. The molecule has 3 heteroatoms. The van der Waals surface area contributed by atoms with Crippen LogP contribution in [0.15, 0.2) is 30.6 Å². The predicted molar refractivity (Wildman–Crippen MR) is 84.2 cm³/mol. The van der Waals surface area contributed by atoms with Gasteiger partial charge in [-0.2, -0.15) is 0 Å². The van der Waals surface area contributed by atoms with Gasteiger partial charge in [-0.05, 0) is 47.3 Å². The number of rotatable bonds is 3. The summed E-state index contributed by atoms with van der Waals surface area (Å²) in [5.41, 5.74) is 5.08. The number of nitrogens with zero attached hydrogens (tertiary/aromatic N) is 1. The highest BCUT2D eigenvalue weighted by atomic mass is 15.0. The van der Waals surface area contributed by atoms with Gasteiger partial charge in [0.2, 0.25) is 0 Å². The van der Waals surface area contributed by atoms with E-state index in [4.69, 9.17) is 0 Å². The monoisotopic (exact) mass is 281 g/mol. The molecule has 0 saturated heterocycles. The first-order chi connectivity index (χ1) is 10.1. The summed E-state index contributed by atoms with van der Waals surface area (Å²) in [6.45, 7) is 5.60. The topological polar surface area (TPSA) is 40.7 Å². The highest BCUT2D eigenvalue weighted by Crippen LogP contribution is 2.52. The van der Waals surface area contributed by atoms with Crippen LogP contribution in [0, 0.1) is 0 Å². The average molecular weight is 281 g/mol. The third-order valence-electron chi connectivity index (χ3n) is 5.36. The van der Waals surface area contributed by atoms with Gasteiger partial charge >= 0.3 is 0 Å². The van der Waals surface area contributed by atoms with Gasteiger partial charge in [0, 0.05) is 18.4 Å². The van der Waals surface area contributed by atoms with Gasteiger partial charge in [-0.1, -0.05) is 32.0 Å². The van der Waals surface area contributed by atoms with Gasteiger partial charge in [0.1, 0.15) is 5.82 Å². The molecular formula is C18H23N3. The second-order valence-corrected chi connectivity index (χ2v) is 7.13. The van der Waals surface area contributed by atoms with Crippen LogP contribution in [0.5, 0.6) is 0 Å². The number of benzene rings is 1. The minimum absolute atomic E-state index is 0.331. The molecule has 2 atom stereocenters. The molecule has 0 spiro atoms. The first-order valence-corrected chi connectivity index (χ1v) is 8.00. The molecular weight excluding hydrogens is 258 g/mol. The molecule has 2 unspecified atom stereocenters. The van der Waals surface area contributed by atoms with Gasteiger partial charge in [-0.25, -0.2) is 4.98 Å². The zero-order chi connectivity index (χ0) is 14.4. The summed E-state index contributed by atoms with van der Waals surface area (Å²) in [5, 5.41) is 3.69. The molecule has 0 fully saturated rings. The third-order valence-corrected chi connectivity index (χ3v) is 5.36. The summed E-state index contributed by atoms with van der Waals surface area (Å²) in [7, 11) is 0. The molecule has 2 aliphatic rings. The van der Waals surface area contributed by atoms with E-state index in [9.17, 15) is 0 Å². The van der Waals surface area contributed by atoms with Gasteiger partial charge in [-0.3, -0.25) is 0 Å². The van der Waals surface area contributed by atoms with Crippen molar-refractivity contribution in [3.63, 3.8) is 0 Å². The number of nitrogens with one attached hydrogen (secondary N) is 2. The summed E-state index contributed by atoms with van der Waals surface area (Å²) in [4.78, 5) is 7.48. The number of aromatic amines is 1. The zero-order valence-electron chi connectivity index (χ0n) is 12.8. The summed E-state index contributed by atoms with van der Waals surface area (Å²) in [6, 6.07) is 7.38. The Balaban J connectivity index is 1.63. The summed E-state index contributed by atoms with van der Waals surface area (Å²) in [5.74, 6) is 1.77. The Labute approximate surface area is 126 Å². The first kappa shape index (κ1) is 13.1. The lowest BCUT2D eigenvalue weighted by molar-refractivity contribution is 0.380. The largest absolute Gasteiger partial charge is 0.348 e. The van der Waals surface area contributed by atoms with Crippen LogP contribution < -0.4 is 5.32 Å². The van der Waals surface area contributed by atoms with Gasteiger partial charge in [0.25, 0.3) is 0 Å². The maximum atomic E-state index is 4.31. The Hall–Kier alpha value is -1.61. The lowest BCUT2D eigenvalue weighted by Gasteiger charge is -2.35. The molecule has 0 aliphatic heterocycles. The van der Waals surface area contributed by atoms with E-state index in [1.165, 1.54) is 24.8 Å². The van der Waals surface area contributed by atoms with Crippen molar-refractivity contribution in [2.75, 3.05) is 0 Å². The molecule has 1 heterocycles. The van der Waals surface area contributed by atoms with E-state index in [-0.39, 0.29) is 0 Å². The minimum atomic E-state index is 0.331. The molecule has 21 heavy (non-hydrogen) atoms. The van der Waals surface area contributed by atoms with Gasteiger partial charge in [-0.15, -0.1) is 0 Å². The van der Waals surface area contributed by atoms with Crippen LogP contribution in [0.25, 0.3) is 0 Å². The fourth-order valence-electron chi connectivity index (χ4n) is 4.20. The maximum absolute atomic E-state index is 4.31. The summed E-state index contributed by atoms with van der Waals surface area (Å²) < 4.78 is 0. The molecule has 1 aromatic carbocycles. The molecule has 2 aromatic rings.